The Kier molecular flexibility index (Phi) is 5.01. The normalized spacial score (nSPS) is 22.9. The molecular weight excluding hydrogens is 252 g/mol. The third-order valence-electron chi connectivity index (χ3n) is 4.07. The fraction of sp³-hybridized carbons (Fsp3) is 0.562. The third kappa shape index (κ3) is 3.51. The van der Waals surface area contributed by atoms with Crippen LogP contribution in [0.2, 0.25) is 0 Å². The van der Waals surface area contributed by atoms with Crippen LogP contribution in [0.4, 0.5) is 5.69 Å². The molecule has 1 aliphatic carbocycles. The van der Waals surface area contributed by atoms with Gasteiger partial charge in [0, 0.05) is 11.7 Å². The fourth-order valence-corrected chi connectivity index (χ4v) is 2.85. The average Bonchev–Trinajstić information content (AvgIpc) is 2.63. The minimum Gasteiger partial charge on any atom is -0.496 e. The second kappa shape index (κ2) is 6.75. The predicted octanol–water partition coefficient (Wildman–Crippen LogP) is 2.85. The standard InChI is InChI=1S/C16H24N2O2/c1-11-10-12(8-9-15(11)20-2)18-16(19)13-6-4-3-5-7-14(13)17/h8-10,13-14H,3-7,17H2,1-2H3,(H,18,19). The quantitative estimate of drug-likeness (QED) is 0.834. The summed E-state index contributed by atoms with van der Waals surface area (Å²) in [6.07, 6.45) is 5.24. The molecule has 1 aromatic rings. The van der Waals surface area contributed by atoms with Crippen LogP contribution in [0, 0.1) is 12.8 Å². The monoisotopic (exact) mass is 276 g/mol. The zero-order valence-corrected chi connectivity index (χ0v) is 12.3. The Morgan fingerprint density at radius 2 is 2.05 bits per heavy atom. The molecule has 2 rings (SSSR count). The van der Waals surface area contributed by atoms with Gasteiger partial charge in [0.25, 0.3) is 0 Å². The van der Waals surface area contributed by atoms with Crippen molar-refractivity contribution >= 4 is 11.6 Å². The highest BCUT2D eigenvalue weighted by Gasteiger charge is 2.27. The Morgan fingerprint density at radius 3 is 2.75 bits per heavy atom. The van der Waals surface area contributed by atoms with Gasteiger partial charge in [-0.25, -0.2) is 0 Å². The van der Waals surface area contributed by atoms with Gasteiger partial charge in [0.2, 0.25) is 5.91 Å². The number of hydrogen-bond acceptors (Lipinski definition) is 3. The van der Waals surface area contributed by atoms with Crippen LogP contribution in [0.1, 0.15) is 37.7 Å². The zero-order valence-electron chi connectivity index (χ0n) is 12.3. The molecule has 20 heavy (non-hydrogen) atoms. The van der Waals surface area contributed by atoms with Gasteiger partial charge in [0.15, 0.2) is 0 Å². The van der Waals surface area contributed by atoms with Crippen molar-refractivity contribution in [3.8, 4) is 5.75 Å². The van der Waals surface area contributed by atoms with Gasteiger partial charge in [-0.15, -0.1) is 0 Å². The SMILES string of the molecule is COc1ccc(NC(=O)C2CCCCCC2N)cc1C. The van der Waals surface area contributed by atoms with Crippen LogP contribution < -0.4 is 15.8 Å². The molecule has 1 fully saturated rings. The van der Waals surface area contributed by atoms with E-state index in [1.165, 1.54) is 6.42 Å². The van der Waals surface area contributed by atoms with Gasteiger partial charge < -0.3 is 15.8 Å². The summed E-state index contributed by atoms with van der Waals surface area (Å²) >= 11 is 0. The van der Waals surface area contributed by atoms with Gasteiger partial charge in [0.1, 0.15) is 5.75 Å². The minimum absolute atomic E-state index is 0.0168. The predicted molar refractivity (Wildman–Crippen MR) is 80.9 cm³/mol. The number of methoxy groups -OCH3 is 1. The lowest BCUT2D eigenvalue weighted by Gasteiger charge is -2.20. The molecule has 0 bridgehead atoms. The Hall–Kier alpha value is -1.55. The third-order valence-corrected chi connectivity index (χ3v) is 4.07. The number of rotatable bonds is 3. The summed E-state index contributed by atoms with van der Waals surface area (Å²) < 4.78 is 5.22. The van der Waals surface area contributed by atoms with Crippen molar-refractivity contribution in [1.29, 1.82) is 0 Å². The lowest BCUT2D eigenvalue weighted by atomic mass is 9.94. The van der Waals surface area contributed by atoms with E-state index >= 15 is 0 Å². The Bertz CT molecular complexity index is 474. The maximum absolute atomic E-state index is 12.4. The van der Waals surface area contributed by atoms with E-state index in [1.54, 1.807) is 7.11 Å². The van der Waals surface area contributed by atoms with Gasteiger partial charge in [0.05, 0.1) is 13.0 Å². The van der Waals surface area contributed by atoms with Crippen molar-refractivity contribution in [2.24, 2.45) is 11.7 Å². The Labute approximate surface area is 120 Å². The number of nitrogens with two attached hydrogens (primary N) is 1. The van der Waals surface area contributed by atoms with Crippen LogP contribution in [0.3, 0.4) is 0 Å². The van der Waals surface area contributed by atoms with Gasteiger partial charge >= 0.3 is 0 Å². The molecule has 0 radical (unpaired) electrons. The topological polar surface area (TPSA) is 64.3 Å². The van der Waals surface area contributed by atoms with E-state index in [4.69, 9.17) is 10.5 Å². The highest BCUT2D eigenvalue weighted by Crippen LogP contribution is 2.25. The number of anilines is 1. The molecule has 2 atom stereocenters. The number of carbonyl (C=O) groups is 1. The molecular formula is C16H24N2O2. The summed E-state index contributed by atoms with van der Waals surface area (Å²) in [4.78, 5) is 12.4. The smallest absolute Gasteiger partial charge is 0.229 e. The fourth-order valence-electron chi connectivity index (χ4n) is 2.85. The van der Waals surface area contributed by atoms with Crippen molar-refractivity contribution in [2.45, 2.75) is 45.1 Å². The summed E-state index contributed by atoms with van der Waals surface area (Å²) in [7, 11) is 1.64. The van der Waals surface area contributed by atoms with Gasteiger partial charge in [-0.1, -0.05) is 19.3 Å². The summed E-state index contributed by atoms with van der Waals surface area (Å²) in [5.74, 6) is 0.804. The van der Waals surface area contributed by atoms with Gasteiger partial charge in [-0.3, -0.25) is 4.79 Å². The molecule has 0 spiro atoms. The van der Waals surface area contributed by atoms with Crippen molar-refractivity contribution in [2.75, 3.05) is 12.4 Å². The van der Waals surface area contributed by atoms with Gasteiger partial charge in [-0.05, 0) is 43.5 Å². The van der Waals surface area contributed by atoms with E-state index in [1.807, 2.05) is 25.1 Å². The van der Waals surface area contributed by atoms with Crippen LogP contribution >= 0.6 is 0 Å². The van der Waals surface area contributed by atoms with Crippen LogP contribution in [-0.2, 0) is 4.79 Å². The lowest BCUT2D eigenvalue weighted by molar-refractivity contribution is -0.120. The average molecular weight is 276 g/mol. The number of carbonyl (C=O) groups excluding carboxylic acids is 1. The van der Waals surface area contributed by atoms with E-state index in [9.17, 15) is 4.79 Å². The highest BCUT2D eigenvalue weighted by atomic mass is 16.5. The molecule has 1 saturated carbocycles. The van der Waals surface area contributed by atoms with Crippen molar-refractivity contribution in [3.63, 3.8) is 0 Å². The molecule has 1 aliphatic rings. The van der Waals surface area contributed by atoms with Crippen molar-refractivity contribution in [3.05, 3.63) is 23.8 Å². The van der Waals surface area contributed by atoms with E-state index in [-0.39, 0.29) is 17.9 Å². The first-order valence-corrected chi connectivity index (χ1v) is 7.33. The molecule has 2 unspecified atom stereocenters. The van der Waals surface area contributed by atoms with Crippen molar-refractivity contribution in [1.82, 2.24) is 0 Å². The van der Waals surface area contributed by atoms with Crippen LogP contribution in [0.5, 0.6) is 5.75 Å². The second-order valence-electron chi connectivity index (χ2n) is 5.58. The second-order valence-corrected chi connectivity index (χ2v) is 5.58. The first kappa shape index (κ1) is 14.9. The van der Waals surface area contributed by atoms with E-state index < -0.39 is 0 Å². The van der Waals surface area contributed by atoms with Crippen LogP contribution in [-0.4, -0.2) is 19.1 Å². The Morgan fingerprint density at radius 1 is 1.30 bits per heavy atom. The molecule has 4 heteroatoms. The first-order chi connectivity index (χ1) is 9.61. The first-order valence-electron chi connectivity index (χ1n) is 7.33. The molecule has 0 heterocycles. The molecule has 3 N–H and O–H groups in total. The maximum Gasteiger partial charge on any atom is 0.229 e. The minimum atomic E-state index is -0.0695. The number of benzene rings is 1. The summed E-state index contributed by atoms with van der Waals surface area (Å²) in [6.45, 7) is 1.96. The van der Waals surface area contributed by atoms with E-state index in [0.717, 1.165) is 42.7 Å². The number of hydrogen-bond donors (Lipinski definition) is 2. The van der Waals surface area contributed by atoms with Crippen LogP contribution in [0.15, 0.2) is 18.2 Å². The summed E-state index contributed by atoms with van der Waals surface area (Å²) in [5.41, 5.74) is 7.95. The zero-order chi connectivity index (χ0) is 14.5. The highest BCUT2D eigenvalue weighted by molar-refractivity contribution is 5.93. The lowest BCUT2D eigenvalue weighted by Crippen LogP contribution is -2.37. The molecule has 110 valence electrons. The summed E-state index contributed by atoms with van der Waals surface area (Å²) in [6, 6.07) is 5.65. The van der Waals surface area contributed by atoms with Crippen molar-refractivity contribution < 1.29 is 9.53 Å². The van der Waals surface area contributed by atoms with Gasteiger partial charge in [-0.2, -0.15) is 0 Å². The Balaban J connectivity index is 2.04. The molecule has 1 amide bonds. The number of amides is 1. The number of aryl methyl sites for hydroxylation is 1. The maximum atomic E-state index is 12.4. The molecule has 0 aromatic heterocycles. The number of nitrogens with one attached hydrogen (secondary N) is 1. The largest absolute Gasteiger partial charge is 0.496 e. The molecule has 0 saturated heterocycles. The number of ether oxygens (including phenoxy) is 1. The molecule has 0 aliphatic heterocycles. The summed E-state index contributed by atoms with van der Waals surface area (Å²) in [5, 5.41) is 2.99. The van der Waals surface area contributed by atoms with E-state index in [2.05, 4.69) is 5.32 Å². The molecule has 4 nitrogen and oxygen atoms in total. The van der Waals surface area contributed by atoms with Crippen LogP contribution in [0.25, 0.3) is 0 Å². The van der Waals surface area contributed by atoms with E-state index in [0.29, 0.717) is 0 Å². The molecule has 1 aromatic carbocycles.